The van der Waals surface area contributed by atoms with Gasteiger partial charge in [0.1, 0.15) is 11.5 Å². The fraction of sp³-hybridized carbons (Fsp3) is 0.778. The Kier molecular flexibility index (Phi) is 4.25. The van der Waals surface area contributed by atoms with E-state index in [1.807, 2.05) is 6.92 Å². The second kappa shape index (κ2) is 6.34. The predicted molar refractivity (Wildman–Crippen MR) is 85.8 cm³/mol. The summed E-state index contributed by atoms with van der Waals surface area (Å²) < 4.78 is 11.5. The third-order valence-corrected chi connectivity index (χ3v) is 5.38. The first kappa shape index (κ1) is 14.7. The quantitative estimate of drug-likeness (QED) is 0.840. The molecule has 2 saturated carbocycles. The number of rotatable bonds is 7. The van der Waals surface area contributed by atoms with Crippen molar-refractivity contribution in [2.24, 2.45) is 11.8 Å². The van der Waals surface area contributed by atoms with E-state index in [1.54, 1.807) is 0 Å². The molecule has 3 aliphatic rings. The van der Waals surface area contributed by atoms with E-state index in [-0.39, 0.29) is 0 Å². The lowest BCUT2D eigenvalue weighted by Crippen LogP contribution is -2.45. The van der Waals surface area contributed by atoms with Crippen molar-refractivity contribution in [3.05, 3.63) is 23.7 Å². The number of nitrogens with one attached hydrogen (secondary N) is 1. The van der Waals surface area contributed by atoms with Crippen LogP contribution in [-0.2, 0) is 4.74 Å². The Bertz CT molecular complexity index is 475. The van der Waals surface area contributed by atoms with Gasteiger partial charge < -0.3 is 14.5 Å². The SMILES string of the molecule is Cc1ccc([C@@H](CNC(C2CC2)C2CC2)N2CCOCC2)o1. The van der Waals surface area contributed by atoms with Crippen LogP contribution in [-0.4, -0.2) is 43.8 Å². The van der Waals surface area contributed by atoms with Crippen LogP contribution in [0.2, 0.25) is 0 Å². The maximum atomic E-state index is 5.96. The molecule has 2 aliphatic carbocycles. The Morgan fingerprint density at radius 3 is 2.36 bits per heavy atom. The highest BCUT2D eigenvalue weighted by Crippen LogP contribution is 2.44. The van der Waals surface area contributed by atoms with Gasteiger partial charge in [-0.3, -0.25) is 4.90 Å². The molecule has 0 unspecified atom stereocenters. The van der Waals surface area contributed by atoms with Gasteiger partial charge in [-0.1, -0.05) is 0 Å². The van der Waals surface area contributed by atoms with Crippen molar-refractivity contribution in [2.45, 2.75) is 44.7 Å². The van der Waals surface area contributed by atoms with Crippen LogP contribution in [0.15, 0.2) is 16.5 Å². The van der Waals surface area contributed by atoms with Gasteiger partial charge >= 0.3 is 0 Å². The second-order valence-electron chi connectivity index (χ2n) is 7.22. The first-order chi connectivity index (χ1) is 10.8. The lowest BCUT2D eigenvalue weighted by Gasteiger charge is -2.34. The Balaban J connectivity index is 1.44. The minimum Gasteiger partial charge on any atom is -0.465 e. The molecule has 2 heterocycles. The van der Waals surface area contributed by atoms with Crippen LogP contribution in [0.4, 0.5) is 0 Å². The van der Waals surface area contributed by atoms with Crippen molar-refractivity contribution in [1.29, 1.82) is 0 Å². The van der Waals surface area contributed by atoms with Gasteiger partial charge in [-0.25, -0.2) is 0 Å². The van der Waals surface area contributed by atoms with E-state index in [0.29, 0.717) is 6.04 Å². The zero-order valence-corrected chi connectivity index (χ0v) is 13.6. The zero-order valence-electron chi connectivity index (χ0n) is 13.6. The van der Waals surface area contributed by atoms with Gasteiger partial charge in [-0.15, -0.1) is 0 Å². The molecule has 1 aromatic rings. The summed E-state index contributed by atoms with van der Waals surface area (Å²) in [5.41, 5.74) is 0. The molecule has 4 heteroatoms. The average molecular weight is 304 g/mol. The van der Waals surface area contributed by atoms with E-state index in [0.717, 1.165) is 62.2 Å². The van der Waals surface area contributed by atoms with Crippen molar-refractivity contribution in [3.63, 3.8) is 0 Å². The predicted octanol–water partition coefficient (Wildman–Crippen LogP) is 2.74. The fourth-order valence-electron chi connectivity index (χ4n) is 3.81. The molecule has 1 N–H and O–H groups in total. The number of morpholine rings is 1. The number of nitrogens with zero attached hydrogens (tertiary/aromatic N) is 1. The van der Waals surface area contributed by atoms with Crippen LogP contribution in [0.3, 0.4) is 0 Å². The van der Waals surface area contributed by atoms with E-state index >= 15 is 0 Å². The highest BCUT2D eigenvalue weighted by Gasteiger charge is 2.41. The molecule has 0 spiro atoms. The van der Waals surface area contributed by atoms with Gasteiger partial charge in [-0.2, -0.15) is 0 Å². The Hall–Kier alpha value is -0.840. The lowest BCUT2D eigenvalue weighted by molar-refractivity contribution is 0.0107. The standard InChI is InChI=1S/C18H28N2O2/c1-13-2-7-17(22-13)16(20-8-10-21-11-9-20)12-19-18(14-3-4-14)15-5-6-15/h2,7,14-16,18-19H,3-6,8-12H2,1H3/t16-/m1/s1. The molecule has 1 aliphatic heterocycles. The van der Waals surface area contributed by atoms with Crippen molar-refractivity contribution in [3.8, 4) is 0 Å². The largest absolute Gasteiger partial charge is 0.465 e. The zero-order chi connectivity index (χ0) is 14.9. The molecule has 0 radical (unpaired) electrons. The van der Waals surface area contributed by atoms with Crippen LogP contribution in [0, 0.1) is 18.8 Å². The topological polar surface area (TPSA) is 37.6 Å². The van der Waals surface area contributed by atoms with E-state index in [9.17, 15) is 0 Å². The Morgan fingerprint density at radius 2 is 1.82 bits per heavy atom. The summed E-state index contributed by atoms with van der Waals surface area (Å²) in [6.45, 7) is 6.72. The summed E-state index contributed by atoms with van der Waals surface area (Å²) in [6, 6.07) is 5.33. The van der Waals surface area contributed by atoms with Crippen molar-refractivity contribution >= 4 is 0 Å². The van der Waals surface area contributed by atoms with E-state index in [4.69, 9.17) is 9.15 Å². The van der Waals surface area contributed by atoms with Crippen molar-refractivity contribution < 1.29 is 9.15 Å². The summed E-state index contributed by atoms with van der Waals surface area (Å²) in [5.74, 6) is 4.00. The van der Waals surface area contributed by atoms with Crippen LogP contribution in [0.1, 0.15) is 43.2 Å². The first-order valence-electron chi connectivity index (χ1n) is 8.93. The van der Waals surface area contributed by atoms with Gasteiger partial charge in [-0.05, 0) is 56.6 Å². The number of hydrogen-bond donors (Lipinski definition) is 1. The molecular weight excluding hydrogens is 276 g/mol. The summed E-state index contributed by atoms with van der Waals surface area (Å²) in [7, 11) is 0. The molecule has 0 bridgehead atoms. The highest BCUT2D eigenvalue weighted by atomic mass is 16.5. The lowest BCUT2D eigenvalue weighted by atomic mass is 10.1. The van der Waals surface area contributed by atoms with Crippen LogP contribution in [0.25, 0.3) is 0 Å². The molecule has 3 fully saturated rings. The normalized spacial score (nSPS) is 24.8. The van der Waals surface area contributed by atoms with Gasteiger partial charge in [0.25, 0.3) is 0 Å². The number of ether oxygens (including phenoxy) is 1. The number of aryl methyl sites for hydroxylation is 1. The maximum Gasteiger partial charge on any atom is 0.122 e. The third-order valence-electron chi connectivity index (χ3n) is 5.38. The van der Waals surface area contributed by atoms with Crippen molar-refractivity contribution in [1.82, 2.24) is 10.2 Å². The average Bonchev–Trinajstić information content (AvgIpc) is 3.45. The molecule has 122 valence electrons. The molecule has 0 aromatic carbocycles. The minimum absolute atomic E-state index is 0.345. The molecule has 1 atom stereocenters. The molecule has 0 amide bonds. The smallest absolute Gasteiger partial charge is 0.122 e. The van der Waals surface area contributed by atoms with Crippen molar-refractivity contribution in [2.75, 3.05) is 32.8 Å². The molecule has 22 heavy (non-hydrogen) atoms. The van der Waals surface area contributed by atoms with Gasteiger partial charge in [0.05, 0.1) is 19.3 Å². The van der Waals surface area contributed by atoms with E-state index in [1.165, 1.54) is 25.7 Å². The monoisotopic (exact) mass is 304 g/mol. The van der Waals surface area contributed by atoms with Gasteiger partial charge in [0.15, 0.2) is 0 Å². The summed E-state index contributed by atoms with van der Waals surface area (Å²) in [5, 5.41) is 3.91. The minimum atomic E-state index is 0.345. The molecular formula is C18H28N2O2. The Morgan fingerprint density at radius 1 is 1.14 bits per heavy atom. The third kappa shape index (κ3) is 3.39. The summed E-state index contributed by atoms with van der Waals surface area (Å²) >= 11 is 0. The fourth-order valence-corrected chi connectivity index (χ4v) is 3.81. The Labute approximate surface area is 133 Å². The highest BCUT2D eigenvalue weighted by molar-refractivity contribution is 5.11. The van der Waals surface area contributed by atoms with E-state index < -0.39 is 0 Å². The second-order valence-corrected chi connectivity index (χ2v) is 7.22. The van der Waals surface area contributed by atoms with Crippen LogP contribution < -0.4 is 5.32 Å². The molecule has 4 rings (SSSR count). The van der Waals surface area contributed by atoms with Crippen LogP contribution in [0.5, 0.6) is 0 Å². The van der Waals surface area contributed by atoms with Gasteiger partial charge in [0.2, 0.25) is 0 Å². The van der Waals surface area contributed by atoms with Crippen LogP contribution >= 0.6 is 0 Å². The maximum absolute atomic E-state index is 5.96. The molecule has 1 aromatic heterocycles. The summed E-state index contributed by atoms with van der Waals surface area (Å²) in [6.07, 6.45) is 5.71. The summed E-state index contributed by atoms with van der Waals surface area (Å²) in [4.78, 5) is 2.52. The van der Waals surface area contributed by atoms with E-state index in [2.05, 4.69) is 22.3 Å². The number of hydrogen-bond acceptors (Lipinski definition) is 4. The number of furan rings is 1. The van der Waals surface area contributed by atoms with Gasteiger partial charge in [0, 0.05) is 25.7 Å². The molecule has 4 nitrogen and oxygen atoms in total. The molecule has 1 saturated heterocycles. The first-order valence-corrected chi connectivity index (χ1v) is 8.93.